The van der Waals surface area contributed by atoms with Crippen LogP contribution < -0.4 is 0 Å². The molecule has 7 heteroatoms. The first-order valence-electron chi connectivity index (χ1n) is 8.22. The van der Waals surface area contributed by atoms with Gasteiger partial charge in [0.15, 0.2) is 5.78 Å². The van der Waals surface area contributed by atoms with Gasteiger partial charge in [-0.3, -0.25) is 14.8 Å². The predicted molar refractivity (Wildman–Crippen MR) is 98.5 cm³/mol. The van der Waals surface area contributed by atoms with Gasteiger partial charge in [0.1, 0.15) is 11.5 Å². The summed E-state index contributed by atoms with van der Waals surface area (Å²) >= 11 is 0. The van der Waals surface area contributed by atoms with Crippen molar-refractivity contribution in [1.82, 2.24) is 14.6 Å². The minimum atomic E-state index is -0.561. The average molecular weight is 369 g/mol. The van der Waals surface area contributed by atoms with Gasteiger partial charge in [-0.05, 0) is 36.6 Å². The molecule has 0 bridgehead atoms. The van der Waals surface area contributed by atoms with E-state index in [4.69, 9.17) is 0 Å². The molecule has 4 rings (SSSR count). The summed E-state index contributed by atoms with van der Waals surface area (Å²) in [6, 6.07) is 6.16. The summed E-state index contributed by atoms with van der Waals surface area (Å²) < 4.78 is 15.0. The maximum absolute atomic E-state index is 13.1. The van der Waals surface area contributed by atoms with Crippen LogP contribution in [0.15, 0.2) is 36.7 Å². The van der Waals surface area contributed by atoms with Crippen molar-refractivity contribution < 1.29 is 19.2 Å². The van der Waals surface area contributed by atoms with Crippen LogP contribution in [0.25, 0.3) is 10.9 Å². The molecule has 0 atom stereocenters. The summed E-state index contributed by atoms with van der Waals surface area (Å²) in [5, 5.41) is 11.0. The molecule has 1 aromatic carbocycles. The van der Waals surface area contributed by atoms with Crippen LogP contribution >= 0.6 is 0 Å². The van der Waals surface area contributed by atoms with E-state index in [-0.39, 0.29) is 31.3 Å². The molecule has 6 nitrogen and oxygen atoms in total. The molecule has 0 fully saturated rings. The number of fused-ring (bicyclic) bond motifs is 3. The number of pyridine rings is 1. The molecule has 2 aromatic heterocycles. The third kappa shape index (κ3) is 3.10. The summed E-state index contributed by atoms with van der Waals surface area (Å²) in [5.74, 6) is -0.979. The minimum absolute atomic E-state index is 0. The molecule has 0 radical (unpaired) electrons. The van der Waals surface area contributed by atoms with Gasteiger partial charge in [0, 0.05) is 23.7 Å². The number of hydroxylamine groups is 2. The highest BCUT2D eigenvalue weighted by atomic mass is 19.1. The Kier molecular flexibility index (Phi) is 4.80. The van der Waals surface area contributed by atoms with Crippen molar-refractivity contribution in [1.29, 1.82) is 0 Å². The Morgan fingerprint density at radius 1 is 1.30 bits per heavy atom. The Balaban J connectivity index is 0.00000210. The number of ketones is 1. The van der Waals surface area contributed by atoms with Crippen molar-refractivity contribution in [3.05, 3.63) is 64.9 Å². The molecule has 3 aromatic rings. The number of rotatable bonds is 3. The molecule has 3 heterocycles. The second kappa shape index (κ2) is 6.92. The molecular weight excluding hydrogens is 349 g/mol. The van der Waals surface area contributed by atoms with E-state index in [1.54, 1.807) is 24.5 Å². The molecule has 140 valence electrons. The van der Waals surface area contributed by atoms with Gasteiger partial charge in [-0.25, -0.2) is 14.4 Å². The van der Waals surface area contributed by atoms with Crippen molar-refractivity contribution in [2.75, 3.05) is 6.54 Å². The zero-order valence-corrected chi connectivity index (χ0v) is 14.1. The number of nitrogens with zero attached hydrogens (tertiary/aromatic N) is 3. The zero-order chi connectivity index (χ0) is 18.4. The number of halogens is 1. The van der Waals surface area contributed by atoms with Crippen molar-refractivity contribution >= 4 is 22.6 Å². The van der Waals surface area contributed by atoms with Crippen LogP contribution in [0.3, 0.4) is 0 Å². The number of aromatic nitrogens is 2. The van der Waals surface area contributed by atoms with Gasteiger partial charge in [-0.1, -0.05) is 19.6 Å². The maximum atomic E-state index is 13.1. The van der Waals surface area contributed by atoms with Crippen molar-refractivity contribution in [3.63, 3.8) is 0 Å². The SMILES string of the molecule is C.CC(=O)c1cn(Cc2ccc(F)cc2)c2cnc3c(c12)CCN(O)C3=O. The predicted octanol–water partition coefficient (Wildman–Crippen LogP) is 3.45. The summed E-state index contributed by atoms with van der Waals surface area (Å²) in [6.07, 6.45) is 3.71. The molecule has 27 heavy (non-hydrogen) atoms. The molecular formula is C20H20FN3O3. The maximum Gasteiger partial charge on any atom is 0.296 e. The number of amides is 1. The molecule has 0 aliphatic carbocycles. The largest absolute Gasteiger partial charge is 0.341 e. The summed E-state index contributed by atoms with van der Waals surface area (Å²) in [5.41, 5.74) is 2.99. The van der Waals surface area contributed by atoms with Crippen LogP contribution in [0.2, 0.25) is 0 Å². The van der Waals surface area contributed by atoms with E-state index >= 15 is 0 Å². The smallest absolute Gasteiger partial charge is 0.296 e. The number of benzene rings is 1. The quantitative estimate of drug-likeness (QED) is 0.567. The number of Topliss-reactive ketones (excluding diaryl/α,β-unsaturated/α-hetero) is 1. The first kappa shape index (κ1) is 18.7. The highest BCUT2D eigenvalue weighted by Crippen LogP contribution is 2.30. The molecule has 1 amide bonds. The Bertz CT molecular complexity index is 1040. The lowest BCUT2D eigenvalue weighted by molar-refractivity contribution is -0.0606. The molecule has 0 unspecified atom stereocenters. The van der Waals surface area contributed by atoms with E-state index < -0.39 is 5.91 Å². The van der Waals surface area contributed by atoms with Gasteiger partial charge < -0.3 is 4.57 Å². The Morgan fingerprint density at radius 2 is 2.00 bits per heavy atom. The number of carbonyl (C=O) groups is 2. The van der Waals surface area contributed by atoms with E-state index in [9.17, 15) is 19.2 Å². The van der Waals surface area contributed by atoms with Gasteiger partial charge in [0.05, 0.1) is 18.3 Å². The third-order valence-corrected chi connectivity index (χ3v) is 4.68. The summed E-state index contributed by atoms with van der Waals surface area (Å²) in [4.78, 5) is 28.6. The molecule has 1 aliphatic rings. The monoisotopic (exact) mass is 369 g/mol. The van der Waals surface area contributed by atoms with E-state index in [1.165, 1.54) is 19.1 Å². The van der Waals surface area contributed by atoms with Crippen LogP contribution in [-0.4, -0.2) is 38.1 Å². The zero-order valence-electron chi connectivity index (χ0n) is 14.1. The van der Waals surface area contributed by atoms with Crippen LogP contribution in [0.4, 0.5) is 4.39 Å². The van der Waals surface area contributed by atoms with E-state index in [0.717, 1.165) is 11.1 Å². The molecule has 1 N–H and O–H groups in total. The lowest BCUT2D eigenvalue weighted by Gasteiger charge is -2.22. The van der Waals surface area contributed by atoms with Gasteiger partial charge >= 0.3 is 0 Å². The van der Waals surface area contributed by atoms with Crippen molar-refractivity contribution in [3.8, 4) is 0 Å². The first-order valence-corrected chi connectivity index (χ1v) is 8.22. The summed E-state index contributed by atoms with van der Waals surface area (Å²) in [7, 11) is 0. The second-order valence-corrected chi connectivity index (χ2v) is 6.38. The highest BCUT2D eigenvalue weighted by Gasteiger charge is 2.29. The third-order valence-electron chi connectivity index (χ3n) is 4.68. The van der Waals surface area contributed by atoms with Crippen molar-refractivity contribution in [2.45, 2.75) is 27.3 Å². The average Bonchev–Trinajstić information content (AvgIpc) is 2.99. The van der Waals surface area contributed by atoms with E-state index in [2.05, 4.69) is 4.98 Å². The number of hydrogen-bond donors (Lipinski definition) is 1. The number of carbonyl (C=O) groups excluding carboxylic acids is 2. The summed E-state index contributed by atoms with van der Waals surface area (Å²) in [6.45, 7) is 2.09. The van der Waals surface area contributed by atoms with Gasteiger partial charge in [0.25, 0.3) is 5.91 Å². The van der Waals surface area contributed by atoms with E-state index in [1.807, 2.05) is 4.57 Å². The lowest BCUT2D eigenvalue weighted by atomic mass is 9.98. The van der Waals surface area contributed by atoms with E-state index in [0.29, 0.717) is 34.5 Å². The number of hydrogen-bond acceptors (Lipinski definition) is 4. The fraction of sp³-hybridized carbons (Fsp3) is 0.250. The van der Waals surface area contributed by atoms with Gasteiger partial charge in [-0.2, -0.15) is 0 Å². The standard InChI is InChI=1S/C19H16FN3O3.CH4/c1-11(24)15-10-22(9-12-2-4-13(20)5-3-12)16-8-21-18-14(17(15)16)6-7-23(26)19(18)25;/h2-5,8,10,26H,6-7,9H2,1H3;1H4. The normalized spacial score (nSPS) is 13.4. The fourth-order valence-electron chi connectivity index (χ4n) is 3.40. The van der Waals surface area contributed by atoms with Gasteiger partial charge in [0.2, 0.25) is 0 Å². The fourth-order valence-corrected chi connectivity index (χ4v) is 3.40. The Hall–Kier alpha value is -3.06. The molecule has 0 spiro atoms. The second-order valence-electron chi connectivity index (χ2n) is 6.38. The Labute approximate surface area is 155 Å². The van der Waals surface area contributed by atoms with Crippen LogP contribution in [0.5, 0.6) is 0 Å². The highest BCUT2D eigenvalue weighted by molar-refractivity contribution is 6.10. The van der Waals surface area contributed by atoms with Crippen LogP contribution in [-0.2, 0) is 13.0 Å². The van der Waals surface area contributed by atoms with Crippen LogP contribution in [0, 0.1) is 5.82 Å². The first-order chi connectivity index (χ1) is 12.5. The Morgan fingerprint density at radius 3 is 2.67 bits per heavy atom. The minimum Gasteiger partial charge on any atom is -0.341 e. The topological polar surface area (TPSA) is 75.4 Å². The molecule has 1 aliphatic heterocycles. The van der Waals surface area contributed by atoms with Crippen LogP contribution in [0.1, 0.15) is 46.3 Å². The van der Waals surface area contributed by atoms with Gasteiger partial charge in [-0.15, -0.1) is 0 Å². The van der Waals surface area contributed by atoms with Crippen molar-refractivity contribution in [2.24, 2.45) is 0 Å². The molecule has 0 saturated carbocycles. The lowest BCUT2D eigenvalue weighted by Crippen LogP contribution is -2.35. The molecule has 0 saturated heterocycles.